The summed E-state index contributed by atoms with van der Waals surface area (Å²) in [6.45, 7) is 3.39. The molecule has 4 N–H and O–H groups in total. The molecular weight excluding hydrogens is 212 g/mol. The van der Waals surface area contributed by atoms with Crippen LogP contribution in [0.5, 0.6) is 0 Å². The molecular formula is C10H22N2O2S. The second kappa shape index (κ2) is 10.3. The highest BCUT2D eigenvalue weighted by Gasteiger charge is 2.10. The van der Waals surface area contributed by atoms with Crippen molar-refractivity contribution in [2.24, 2.45) is 11.7 Å². The minimum atomic E-state index is 0.0115. The molecule has 0 aliphatic heterocycles. The van der Waals surface area contributed by atoms with Gasteiger partial charge in [0.25, 0.3) is 0 Å². The van der Waals surface area contributed by atoms with Gasteiger partial charge in [0.15, 0.2) is 0 Å². The number of thioether (sulfide) groups is 1. The zero-order valence-corrected chi connectivity index (χ0v) is 10.2. The highest BCUT2D eigenvalue weighted by Crippen LogP contribution is 2.02. The summed E-state index contributed by atoms with van der Waals surface area (Å²) in [5.41, 5.74) is 5.37. The second-order valence-electron chi connectivity index (χ2n) is 3.46. The smallest absolute Gasteiger partial charge is 0.222 e. The van der Waals surface area contributed by atoms with Crippen LogP contribution in [0.15, 0.2) is 0 Å². The SMILES string of the molecule is CC(CCN)C(=O)NCCSCCCO. The Morgan fingerprint density at radius 3 is 2.87 bits per heavy atom. The third-order valence-corrected chi connectivity index (χ3v) is 3.11. The number of hydrogen-bond donors (Lipinski definition) is 3. The van der Waals surface area contributed by atoms with Gasteiger partial charge in [-0.3, -0.25) is 4.79 Å². The van der Waals surface area contributed by atoms with E-state index in [1.54, 1.807) is 11.8 Å². The molecule has 0 radical (unpaired) electrons. The van der Waals surface area contributed by atoms with Crippen LogP contribution >= 0.6 is 11.8 Å². The van der Waals surface area contributed by atoms with Crippen LogP contribution in [0.3, 0.4) is 0 Å². The molecule has 0 aromatic carbocycles. The summed E-state index contributed by atoms with van der Waals surface area (Å²) in [7, 11) is 0. The summed E-state index contributed by atoms with van der Waals surface area (Å²) in [6, 6.07) is 0. The van der Waals surface area contributed by atoms with Crippen molar-refractivity contribution in [2.45, 2.75) is 19.8 Å². The molecule has 90 valence electrons. The Morgan fingerprint density at radius 1 is 1.53 bits per heavy atom. The van der Waals surface area contributed by atoms with Gasteiger partial charge in [-0.05, 0) is 25.1 Å². The molecule has 4 nitrogen and oxygen atoms in total. The lowest BCUT2D eigenvalue weighted by molar-refractivity contribution is -0.124. The standard InChI is InChI=1S/C10H22N2O2S/c1-9(3-4-11)10(14)12-5-8-15-7-2-6-13/h9,13H,2-8,11H2,1H3,(H,12,14). The van der Waals surface area contributed by atoms with E-state index in [9.17, 15) is 4.79 Å². The fourth-order valence-corrected chi connectivity index (χ4v) is 1.85. The van der Waals surface area contributed by atoms with Gasteiger partial charge < -0.3 is 16.2 Å². The zero-order chi connectivity index (χ0) is 11.5. The largest absolute Gasteiger partial charge is 0.396 e. The molecule has 0 aliphatic carbocycles. The van der Waals surface area contributed by atoms with Crippen molar-refractivity contribution in [1.82, 2.24) is 5.32 Å². The number of hydrogen-bond acceptors (Lipinski definition) is 4. The molecule has 0 bridgehead atoms. The predicted molar refractivity (Wildman–Crippen MR) is 64.9 cm³/mol. The maximum Gasteiger partial charge on any atom is 0.222 e. The van der Waals surface area contributed by atoms with Crippen LogP contribution in [0.1, 0.15) is 19.8 Å². The number of carbonyl (C=O) groups excluding carboxylic acids is 1. The Bertz CT molecular complexity index is 168. The first-order chi connectivity index (χ1) is 7.22. The normalized spacial score (nSPS) is 12.5. The van der Waals surface area contributed by atoms with Gasteiger partial charge in [-0.2, -0.15) is 11.8 Å². The zero-order valence-electron chi connectivity index (χ0n) is 9.37. The fraction of sp³-hybridized carbons (Fsp3) is 0.900. The number of amides is 1. The van der Waals surface area contributed by atoms with E-state index in [1.807, 2.05) is 6.92 Å². The Balaban J connectivity index is 3.30. The molecule has 0 saturated carbocycles. The molecule has 0 aromatic rings. The number of nitrogens with one attached hydrogen (secondary N) is 1. The molecule has 5 heteroatoms. The van der Waals surface area contributed by atoms with Gasteiger partial charge in [0.05, 0.1) is 0 Å². The number of nitrogens with two attached hydrogens (primary N) is 1. The molecule has 1 amide bonds. The second-order valence-corrected chi connectivity index (χ2v) is 4.68. The van der Waals surface area contributed by atoms with E-state index in [-0.39, 0.29) is 18.4 Å². The molecule has 0 aliphatic rings. The van der Waals surface area contributed by atoms with Crippen LogP contribution in [0.25, 0.3) is 0 Å². The van der Waals surface area contributed by atoms with Crippen molar-refractivity contribution in [2.75, 3.05) is 31.2 Å². The third-order valence-electron chi connectivity index (χ3n) is 2.04. The highest BCUT2D eigenvalue weighted by molar-refractivity contribution is 7.99. The predicted octanol–water partition coefficient (Wildman–Crippen LogP) is 0.203. The highest BCUT2D eigenvalue weighted by atomic mass is 32.2. The molecule has 0 saturated heterocycles. The van der Waals surface area contributed by atoms with Crippen molar-refractivity contribution in [1.29, 1.82) is 0 Å². The number of rotatable bonds is 9. The molecule has 15 heavy (non-hydrogen) atoms. The Labute approximate surface area is 96.0 Å². The summed E-state index contributed by atoms with van der Waals surface area (Å²) in [5.74, 6) is 1.95. The van der Waals surface area contributed by atoms with Crippen molar-refractivity contribution in [3.8, 4) is 0 Å². The van der Waals surface area contributed by atoms with E-state index in [1.165, 1.54) is 0 Å². The van der Waals surface area contributed by atoms with Gasteiger partial charge >= 0.3 is 0 Å². The van der Waals surface area contributed by atoms with Gasteiger partial charge in [0.1, 0.15) is 0 Å². The molecule has 0 fully saturated rings. The van der Waals surface area contributed by atoms with Crippen LogP contribution in [0, 0.1) is 5.92 Å². The minimum Gasteiger partial charge on any atom is -0.396 e. The molecule has 0 spiro atoms. The van der Waals surface area contributed by atoms with E-state index in [2.05, 4.69) is 5.32 Å². The van der Waals surface area contributed by atoms with Crippen molar-refractivity contribution in [3.05, 3.63) is 0 Å². The Kier molecular flexibility index (Phi) is 10.1. The maximum absolute atomic E-state index is 11.4. The average molecular weight is 234 g/mol. The summed E-state index contributed by atoms with van der Waals surface area (Å²) < 4.78 is 0. The minimum absolute atomic E-state index is 0.0115. The van der Waals surface area contributed by atoms with E-state index in [4.69, 9.17) is 10.8 Å². The van der Waals surface area contributed by atoms with E-state index in [0.29, 0.717) is 13.1 Å². The van der Waals surface area contributed by atoms with Gasteiger partial charge in [0.2, 0.25) is 5.91 Å². The molecule has 1 atom stereocenters. The maximum atomic E-state index is 11.4. The van der Waals surface area contributed by atoms with Gasteiger partial charge in [-0.15, -0.1) is 0 Å². The molecule has 0 aromatic heterocycles. The van der Waals surface area contributed by atoms with Crippen LogP contribution in [-0.4, -0.2) is 42.2 Å². The molecule has 1 unspecified atom stereocenters. The van der Waals surface area contributed by atoms with Gasteiger partial charge in [-0.1, -0.05) is 6.92 Å². The molecule has 0 heterocycles. The summed E-state index contributed by atoms with van der Waals surface area (Å²) in [6.07, 6.45) is 1.56. The Morgan fingerprint density at radius 2 is 2.27 bits per heavy atom. The first-order valence-electron chi connectivity index (χ1n) is 5.38. The first kappa shape index (κ1) is 14.7. The summed E-state index contributed by atoms with van der Waals surface area (Å²) in [4.78, 5) is 11.4. The fourth-order valence-electron chi connectivity index (χ4n) is 1.07. The van der Waals surface area contributed by atoms with Crippen LogP contribution < -0.4 is 11.1 Å². The Hall–Kier alpha value is -0.260. The van der Waals surface area contributed by atoms with Crippen molar-refractivity contribution < 1.29 is 9.90 Å². The van der Waals surface area contributed by atoms with E-state index < -0.39 is 0 Å². The number of aliphatic hydroxyl groups excluding tert-OH is 1. The van der Waals surface area contributed by atoms with Crippen molar-refractivity contribution in [3.63, 3.8) is 0 Å². The quantitative estimate of drug-likeness (QED) is 0.498. The lowest BCUT2D eigenvalue weighted by Crippen LogP contribution is -2.32. The van der Waals surface area contributed by atoms with Crippen LogP contribution in [-0.2, 0) is 4.79 Å². The number of carbonyl (C=O) groups is 1. The average Bonchev–Trinajstić information content (AvgIpc) is 2.23. The van der Waals surface area contributed by atoms with Crippen molar-refractivity contribution >= 4 is 17.7 Å². The van der Waals surface area contributed by atoms with E-state index >= 15 is 0 Å². The van der Waals surface area contributed by atoms with E-state index in [0.717, 1.165) is 24.3 Å². The number of aliphatic hydroxyl groups is 1. The first-order valence-corrected chi connectivity index (χ1v) is 6.54. The van der Waals surface area contributed by atoms with Gasteiger partial charge in [-0.25, -0.2) is 0 Å². The van der Waals surface area contributed by atoms with Crippen LogP contribution in [0.2, 0.25) is 0 Å². The summed E-state index contributed by atoms with van der Waals surface area (Å²) in [5, 5.41) is 11.4. The lowest BCUT2D eigenvalue weighted by atomic mass is 10.1. The third kappa shape index (κ3) is 8.72. The molecule has 0 rings (SSSR count). The lowest BCUT2D eigenvalue weighted by Gasteiger charge is -2.10. The van der Waals surface area contributed by atoms with Crippen LogP contribution in [0.4, 0.5) is 0 Å². The summed E-state index contributed by atoms with van der Waals surface area (Å²) >= 11 is 1.75. The van der Waals surface area contributed by atoms with Gasteiger partial charge in [0, 0.05) is 24.8 Å². The monoisotopic (exact) mass is 234 g/mol. The topological polar surface area (TPSA) is 75.4 Å².